The van der Waals surface area contributed by atoms with Gasteiger partial charge in [-0.3, -0.25) is 0 Å². The predicted molar refractivity (Wildman–Crippen MR) is 78.2 cm³/mol. The van der Waals surface area contributed by atoms with Gasteiger partial charge >= 0.3 is 0 Å². The van der Waals surface area contributed by atoms with Gasteiger partial charge in [-0.1, -0.05) is 21.1 Å². The van der Waals surface area contributed by atoms with Gasteiger partial charge in [0.15, 0.2) is 5.82 Å². The zero-order chi connectivity index (χ0) is 13.1. The van der Waals surface area contributed by atoms with E-state index in [9.17, 15) is 0 Å². The first-order valence-electron chi connectivity index (χ1n) is 6.23. The molecule has 19 heavy (non-hydrogen) atoms. The molecule has 1 aliphatic rings. The third-order valence-corrected chi connectivity index (χ3v) is 4.61. The number of hydrogen-bond donors (Lipinski definition) is 1. The topological polar surface area (TPSA) is 51.0 Å². The Morgan fingerprint density at radius 3 is 2.95 bits per heavy atom. The molecule has 4 nitrogen and oxygen atoms in total. The van der Waals surface area contributed by atoms with Crippen molar-refractivity contribution in [3.63, 3.8) is 0 Å². The Balaban J connectivity index is 1.59. The molecular weight excluding hydrogens is 326 g/mol. The molecular formula is C13H14BrN3OS. The summed E-state index contributed by atoms with van der Waals surface area (Å²) >= 11 is 5.14. The molecule has 2 heterocycles. The van der Waals surface area contributed by atoms with Crippen molar-refractivity contribution in [3.8, 4) is 0 Å². The van der Waals surface area contributed by atoms with Crippen LogP contribution in [0.1, 0.15) is 24.1 Å². The molecule has 1 atom stereocenters. The molecule has 0 amide bonds. The third kappa shape index (κ3) is 3.38. The van der Waals surface area contributed by atoms with E-state index in [1.54, 1.807) is 11.8 Å². The lowest BCUT2D eigenvalue weighted by atomic mass is 10.1. The molecule has 1 aliphatic heterocycles. The maximum atomic E-state index is 5.33. The summed E-state index contributed by atoms with van der Waals surface area (Å²) < 4.78 is 6.42. The van der Waals surface area contributed by atoms with Crippen LogP contribution in [0.5, 0.6) is 0 Å². The van der Waals surface area contributed by atoms with Crippen LogP contribution in [0.15, 0.2) is 38.2 Å². The van der Waals surface area contributed by atoms with Crippen LogP contribution in [-0.2, 0) is 5.75 Å². The fraction of sp³-hybridized carbons (Fsp3) is 0.385. The Labute approximate surface area is 124 Å². The first-order chi connectivity index (χ1) is 9.31. The van der Waals surface area contributed by atoms with Crippen LogP contribution in [0.3, 0.4) is 0 Å². The highest BCUT2D eigenvalue weighted by molar-refractivity contribution is 9.10. The van der Waals surface area contributed by atoms with Gasteiger partial charge in [-0.15, -0.1) is 11.8 Å². The molecule has 2 aromatic rings. The molecule has 0 bridgehead atoms. The van der Waals surface area contributed by atoms with Crippen LogP contribution in [0.4, 0.5) is 0 Å². The summed E-state index contributed by atoms with van der Waals surface area (Å²) in [6, 6.07) is 8.23. The molecule has 0 aliphatic carbocycles. The molecule has 6 heteroatoms. The average Bonchev–Trinajstić information content (AvgIpc) is 3.09. The summed E-state index contributed by atoms with van der Waals surface area (Å²) in [6.07, 6.45) is 1.08. The van der Waals surface area contributed by atoms with Gasteiger partial charge in [0.25, 0.3) is 0 Å². The maximum Gasteiger partial charge on any atom is 0.231 e. The van der Waals surface area contributed by atoms with Gasteiger partial charge in [0.05, 0.1) is 11.7 Å². The van der Waals surface area contributed by atoms with Crippen molar-refractivity contribution in [3.05, 3.63) is 40.5 Å². The first kappa shape index (κ1) is 13.1. The molecule has 0 saturated carbocycles. The van der Waals surface area contributed by atoms with Crippen molar-refractivity contribution in [1.29, 1.82) is 0 Å². The standard InChI is InChI=1S/C13H14BrN3OS/c14-10-1-3-11(4-2-10)19-8-12-16-13(18-17-12)9-5-6-15-7-9/h1-4,9,15H,5-8H2. The Bertz CT molecular complexity index is 537. The summed E-state index contributed by atoms with van der Waals surface area (Å²) in [7, 11) is 0. The number of hydrogen-bond acceptors (Lipinski definition) is 5. The lowest BCUT2D eigenvalue weighted by molar-refractivity contribution is 0.355. The monoisotopic (exact) mass is 339 g/mol. The summed E-state index contributed by atoms with van der Waals surface area (Å²) in [5.41, 5.74) is 0. The van der Waals surface area contributed by atoms with E-state index >= 15 is 0 Å². The minimum atomic E-state index is 0.388. The molecule has 1 fully saturated rings. The third-order valence-electron chi connectivity index (χ3n) is 3.07. The lowest BCUT2D eigenvalue weighted by Crippen LogP contribution is -2.08. The van der Waals surface area contributed by atoms with Gasteiger partial charge in [0, 0.05) is 15.9 Å². The Morgan fingerprint density at radius 2 is 2.21 bits per heavy atom. The van der Waals surface area contributed by atoms with Gasteiger partial charge in [-0.05, 0) is 37.2 Å². The quantitative estimate of drug-likeness (QED) is 0.867. The Hall–Kier alpha value is -0.850. The van der Waals surface area contributed by atoms with E-state index in [4.69, 9.17) is 4.52 Å². The Morgan fingerprint density at radius 1 is 1.37 bits per heavy atom. The van der Waals surface area contributed by atoms with Crippen molar-refractivity contribution in [2.45, 2.75) is 23.0 Å². The zero-order valence-corrected chi connectivity index (χ0v) is 12.7. The van der Waals surface area contributed by atoms with Crippen molar-refractivity contribution in [2.75, 3.05) is 13.1 Å². The number of nitrogens with one attached hydrogen (secondary N) is 1. The van der Waals surface area contributed by atoms with Crippen molar-refractivity contribution in [1.82, 2.24) is 15.5 Å². The molecule has 100 valence electrons. The van der Waals surface area contributed by atoms with Crippen LogP contribution >= 0.6 is 27.7 Å². The Kier molecular flexibility index (Phi) is 4.20. The second-order valence-corrected chi connectivity index (χ2v) is 6.45. The van der Waals surface area contributed by atoms with Gasteiger partial charge in [0.2, 0.25) is 5.89 Å². The van der Waals surface area contributed by atoms with E-state index in [-0.39, 0.29) is 0 Å². The summed E-state index contributed by atoms with van der Waals surface area (Å²) in [5, 5.41) is 7.36. The molecule has 0 radical (unpaired) electrons. The van der Waals surface area contributed by atoms with E-state index in [2.05, 4.69) is 43.5 Å². The molecule has 1 aromatic carbocycles. The highest BCUT2D eigenvalue weighted by Gasteiger charge is 2.22. The molecule has 3 rings (SSSR count). The molecule has 0 spiro atoms. The number of aromatic nitrogens is 2. The van der Waals surface area contributed by atoms with Crippen LogP contribution in [-0.4, -0.2) is 23.2 Å². The smallest absolute Gasteiger partial charge is 0.231 e. The van der Waals surface area contributed by atoms with Crippen molar-refractivity contribution >= 4 is 27.7 Å². The van der Waals surface area contributed by atoms with Crippen LogP contribution in [0.2, 0.25) is 0 Å². The number of nitrogens with zero attached hydrogens (tertiary/aromatic N) is 2. The van der Waals surface area contributed by atoms with Crippen LogP contribution < -0.4 is 5.32 Å². The minimum Gasteiger partial charge on any atom is -0.339 e. The van der Waals surface area contributed by atoms with E-state index in [1.807, 2.05) is 12.1 Å². The zero-order valence-electron chi connectivity index (χ0n) is 10.3. The number of rotatable bonds is 4. The summed E-state index contributed by atoms with van der Waals surface area (Å²) in [4.78, 5) is 5.68. The van der Waals surface area contributed by atoms with Gasteiger partial charge in [0.1, 0.15) is 0 Å². The average molecular weight is 340 g/mol. The normalized spacial score (nSPS) is 18.9. The second kappa shape index (κ2) is 6.07. The van der Waals surface area contributed by atoms with Crippen molar-refractivity contribution in [2.24, 2.45) is 0 Å². The van der Waals surface area contributed by atoms with Crippen LogP contribution in [0.25, 0.3) is 0 Å². The first-order valence-corrected chi connectivity index (χ1v) is 8.01. The number of benzene rings is 1. The number of halogens is 1. The lowest BCUT2D eigenvalue weighted by Gasteiger charge is -1.99. The highest BCUT2D eigenvalue weighted by atomic mass is 79.9. The summed E-state index contributed by atoms with van der Waals surface area (Å²) in [6.45, 7) is 1.98. The van der Waals surface area contributed by atoms with Gasteiger partial charge in [-0.25, -0.2) is 0 Å². The van der Waals surface area contributed by atoms with E-state index < -0.39 is 0 Å². The minimum absolute atomic E-state index is 0.388. The van der Waals surface area contributed by atoms with E-state index in [1.165, 1.54) is 4.90 Å². The second-order valence-electron chi connectivity index (χ2n) is 4.48. The maximum absolute atomic E-state index is 5.33. The van der Waals surface area contributed by atoms with Gasteiger partial charge in [-0.2, -0.15) is 4.98 Å². The molecule has 1 aromatic heterocycles. The predicted octanol–water partition coefficient (Wildman–Crippen LogP) is 3.20. The van der Waals surface area contributed by atoms with Gasteiger partial charge < -0.3 is 9.84 Å². The summed E-state index contributed by atoms with van der Waals surface area (Å²) in [5.74, 6) is 2.68. The fourth-order valence-corrected chi connectivity index (χ4v) is 3.04. The fourth-order valence-electron chi connectivity index (χ4n) is 2.04. The van der Waals surface area contributed by atoms with E-state index in [0.29, 0.717) is 5.92 Å². The SMILES string of the molecule is Brc1ccc(SCc2noc(C3CCNC3)n2)cc1. The van der Waals surface area contributed by atoms with E-state index in [0.717, 1.165) is 41.5 Å². The highest BCUT2D eigenvalue weighted by Crippen LogP contribution is 2.25. The van der Waals surface area contributed by atoms with Crippen LogP contribution in [0, 0.1) is 0 Å². The molecule has 1 saturated heterocycles. The van der Waals surface area contributed by atoms with Crippen molar-refractivity contribution < 1.29 is 4.52 Å². The molecule has 1 N–H and O–H groups in total. The number of thioether (sulfide) groups is 1. The molecule has 1 unspecified atom stereocenters. The largest absolute Gasteiger partial charge is 0.339 e.